The van der Waals surface area contributed by atoms with E-state index in [4.69, 9.17) is 4.42 Å². The molecule has 1 amide bonds. The Hall–Kier alpha value is -3.10. The van der Waals surface area contributed by atoms with Crippen LogP contribution in [0.15, 0.2) is 27.4 Å². The number of nitrogens with zero attached hydrogens (tertiary/aromatic N) is 3. The van der Waals surface area contributed by atoms with Crippen molar-refractivity contribution in [2.75, 3.05) is 6.54 Å². The summed E-state index contributed by atoms with van der Waals surface area (Å²) in [5.74, 6) is 1.69. The highest BCUT2D eigenvalue weighted by atomic mass is 16.3. The van der Waals surface area contributed by atoms with Crippen LogP contribution >= 0.6 is 0 Å². The molecule has 0 spiro atoms. The van der Waals surface area contributed by atoms with Gasteiger partial charge in [-0.05, 0) is 31.9 Å². The van der Waals surface area contributed by atoms with Gasteiger partial charge < -0.3 is 9.32 Å². The van der Waals surface area contributed by atoms with Gasteiger partial charge in [-0.2, -0.15) is 10.2 Å². The van der Waals surface area contributed by atoms with E-state index in [1.807, 2.05) is 19.1 Å². The van der Waals surface area contributed by atoms with E-state index >= 15 is 0 Å². The number of carbonyl (C=O) groups is 1. The van der Waals surface area contributed by atoms with Gasteiger partial charge in [0.1, 0.15) is 11.5 Å². The lowest BCUT2D eigenvalue weighted by Gasteiger charge is -2.21. The van der Waals surface area contributed by atoms with Gasteiger partial charge in [-0.3, -0.25) is 14.9 Å². The fraction of sp³-hybridized carbons (Fsp3) is 0.333. The summed E-state index contributed by atoms with van der Waals surface area (Å²) in [6, 6.07) is 5.10. The third-order valence-electron chi connectivity index (χ3n) is 4.15. The molecule has 3 aromatic rings. The predicted octanol–water partition coefficient (Wildman–Crippen LogP) is 1.37. The molecule has 1 saturated heterocycles. The van der Waals surface area contributed by atoms with Crippen molar-refractivity contribution < 1.29 is 9.21 Å². The standard InChI is InChI=1S/C15H16N6O3/c1-8-4-5-12(24-8)9-7-10(18-17-9)14(22)21-6-2-3-11(21)13-16-15(23)20-19-13/h4-5,7,11H,2-3,6H2,1H3,(H,17,18)(H2,16,19,20,23)/t11-/m1/s1. The largest absolute Gasteiger partial charge is 0.460 e. The van der Waals surface area contributed by atoms with Crippen LogP contribution in [0.5, 0.6) is 0 Å². The Morgan fingerprint density at radius 1 is 1.33 bits per heavy atom. The van der Waals surface area contributed by atoms with E-state index in [1.54, 1.807) is 11.0 Å². The zero-order valence-electron chi connectivity index (χ0n) is 13.0. The number of furan rings is 1. The lowest BCUT2D eigenvalue weighted by atomic mass is 10.2. The first-order valence-corrected chi connectivity index (χ1v) is 7.69. The average molecular weight is 328 g/mol. The highest BCUT2D eigenvalue weighted by Gasteiger charge is 2.33. The SMILES string of the molecule is Cc1ccc(-c2cc(C(=O)N3CCC[C@@H]3c3n[nH]c(=O)[nH]3)n[nH]2)o1. The first kappa shape index (κ1) is 14.5. The first-order chi connectivity index (χ1) is 11.6. The number of carbonyl (C=O) groups excluding carboxylic acids is 1. The second-order valence-electron chi connectivity index (χ2n) is 5.80. The van der Waals surface area contributed by atoms with Crippen LogP contribution in [0.4, 0.5) is 0 Å². The van der Waals surface area contributed by atoms with Crippen molar-refractivity contribution in [2.45, 2.75) is 25.8 Å². The van der Waals surface area contributed by atoms with Crippen LogP contribution in [-0.4, -0.2) is 42.7 Å². The lowest BCUT2D eigenvalue weighted by Crippen LogP contribution is -2.31. The Balaban J connectivity index is 1.59. The van der Waals surface area contributed by atoms with Gasteiger partial charge in [-0.1, -0.05) is 0 Å². The maximum Gasteiger partial charge on any atom is 0.340 e. The molecule has 4 heterocycles. The van der Waals surface area contributed by atoms with Crippen molar-refractivity contribution in [1.29, 1.82) is 0 Å². The summed E-state index contributed by atoms with van der Waals surface area (Å²) in [4.78, 5) is 28.3. The Morgan fingerprint density at radius 3 is 2.92 bits per heavy atom. The third kappa shape index (κ3) is 2.43. The van der Waals surface area contributed by atoms with E-state index in [1.165, 1.54) is 0 Å². The summed E-state index contributed by atoms with van der Waals surface area (Å²) in [6.07, 6.45) is 1.60. The maximum atomic E-state index is 12.8. The van der Waals surface area contributed by atoms with E-state index in [9.17, 15) is 9.59 Å². The number of hydrogen-bond acceptors (Lipinski definition) is 5. The molecule has 124 valence electrons. The number of aryl methyl sites for hydroxylation is 1. The van der Waals surface area contributed by atoms with Gasteiger partial charge in [-0.15, -0.1) is 0 Å². The molecule has 9 nitrogen and oxygen atoms in total. The van der Waals surface area contributed by atoms with Crippen LogP contribution in [-0.2, 0) is 0 Å². The molecular weight excluding hydrogens is 312 g/mol. The third-order valence-corrected chi connectivity index (χ3v) is 4.15. The number of nitrogens with one attached hydrogen (secondary N) is 3. The van der Waals surface area contributed by atoms with Crippen LogP contribution < -0.4 is 5.69 Å². The molecule has 1 atom stereocenters. The molecule has 1 fully saturated rings. The fourth-order valence-electron chi connectivity index (χ4n) is 3.02. The predicted molar refractivity (Wildman–Crippen MR) is 83.2 cm³/mol. The lowest BCUT2D eigenvalue weighted by molar-refractivity contribution is 0.0724. The maximum absolute atomic E-state index is 12.8. The molecule has 3 aromatic heterocycles. The number of rotatable bonds is 3. The van der Waals surface area contributed by atoms with Crippen molar-refractivity contribution in [3.05, 3.63) is 46.0 Å². The van der Waals surface area contributed by atoms with Crippen molar-refractivity contribution in [3.63, 3.8) is 0 Å². The number of amides is 1. The van der Waals surface area contributed by atoms with Gasteiger partial charge in [0, 0.05) is 12.6 Å². The minimum atomic E-state index is -0.375. The van der Waals surface area contributed by atoms with Gasteiger partial charge in [-0.25, -0.2) is 9.89 Å². The molecule has 4 rings (SSSR count). The molecular formula is C15H16N6O3. The number of hydrogen-bond donors (Lipinski definition) is 3. The van der Waals surface area contributed by atoms with E-state index in [-0.39, 0.29) is 17.6 Å². The van der Waals surface area contributed by atoms with Crippen LogP contribution in [0.3, 0.4) is 0 Å². The average Bonchev–Trinajstić information content (AvgIpc) is 3.33. The van der Waals surface area contributed by atoms with Crippen molar-refractivity contribution in [3.8, 4) is 11.5 Å². The number of aromatic nitrogens is 5. The smallest absolute Gasteiger partial charge is 0.340 e. The minimum Gasteiger partial charge on any atom is -0.460 e. The Kier molecular flexibility index (Phi) is 3.33. The van der Waals surface area contributed by atoms with E-state index in [0.29, 0.717) is 29.5 Å². The highest BCUT2D eigenvalue weighted by Crippen LogP contribution is 2.31. The number of likely N-dealkylation sites (tertiary alicyclic amines) is 1. The highest BCUT2D eigenvalue weighted by molar-refractivity contribution is 5.93. The van der Waals surface area contributed by atoms with Gasteiger partial charge in [0.2, 0.25) is 0 Å². The normalized spacial score (nSPS) is 17.5. The van der Waals surface area contributed by atoms with Crippen LogP contribution in [0, 0.1) is 6.92 Å². The van der Waals surface area contributed by atoms with Crippen molar-refractivity contribution in [1.82, 2.24) is 30.3 Å². The van der Waals surface area contributed by atoms with Crippen molar-refractivity contribution >= 4 is 5.91 Å². The first-order valence-electron chi connectivity index (χ1n) is 7.69. The van der Waals surface area contributed by atoms with Crippen LogP contribution in [0.25, 0.3) is 11.5 Å². The molecule has 0 radical (unpaired) electrons. The number of aromatic amines is 3. The van der Waals surface area contributed by atoms with E-state index in [2.05, 4.69) is 25.4 Å². The molecule has 24 heavy (non-hydrogen) atoms. The van der Waals surface area contributed by atoms with Gasteiger partial charge in [0.25, 0.3) is 5.91 Å². The van der Waals surface area contributed by atoms with E-state index in [0.717, 1.165) is 18.6 Å². The summed E-state index contributed by atoms with van der Waals surface area (Å²) in [5.41, 5.74) is 0.582. The second kappa shape index (κ2) is 5.52. The Bertz CT molecular complexity index is 933. The minimum absolute atomic E-state index is 0.202. The second-order valence-corrected chi connectivity index (χ2v) is 5.80. The molecule has 0 unspecified atom stereocenters. The summed E-state index contributed by atoms with van der Waals surface area (Å²) >= 11 is 0. The fourth-order valence-corrected chi connectivity index (χ4v) is 3.02. The molecule has 9 heteroatoms. The molecule has 0 aliphatic carbocycles. The molecule has 0 aromatic carbocycles. The molecule has 0 bridgehead atoms. The summed E-state index contributed by atoms with van der Waals surface area (Å²) < 4.78 is 5.53. The Labute approximate surface area is 136 Å². The van der Waals surface area contributed by atoms with Crippen LogP contribution in [0.2, 0.25) is 0 Å². The quantitative estimate of drug-likeness (QED) is 0.670. The van der Waals surface area contributed by atoms with E-state index < -0.39 is 0 Å². The monoisotopic (exact) mass is 328 g/mol. The zero-order valence-corrected chi connectivity index (χ0v) is 13.0. The van der Waals surface area contributed by atoms with Gasteiger partial charge >= 0.3 is 5.69 Å². The molecule has 1 aliphatic rings. The van der Waals surface area contributed by atoms with Gasteiger partial charge in [0.15, 0.2) is 17.3 Å². The summed E-state index contributed by atoms with van der Waals surface area (Å²) in [7, 11) is 0. The molecule has 1 aliphatic heterocycles. The van der Waals surface area contributed by atoms with Gasteiger partial charge in [0.05, 0.1) is 6.04 Å². The molecule has 0 saturated carbocycles. The van der Waals surface area contributed by atoms with Crippen LogP contribution in [0.1, 0.15) is 41.0 Å². The van der Waals surface area contributed by atoms with Crippen molar-refractivity contribution in [2.24, 2.45) is 0 Å². The topological polar surface area (TPSA) is 124 Å². The zero-order chi connectivity index (χ0) is 16.7. The molecule has 3 N–H and O–H groups in total. The summed E-state index contributed by atoms with van der Waals surface area (Å²) in [6.45, 7) is 2.45. The Morgan fingerprint density at radius 2 is 2.21 bits per heavy atom. The summed E-state index contributed by atoms with van der Waals surface area (Å²) in [5, 5.41) is 13.2. The number of H-pyrrole nitrogens is 3.